The van der Waals surface area contributed by atoms with E-state index in [0.717, 1.165) is 16.7 Å². The lowest BCUT2D eigenvalue weighted by Crippen LogP contribution is -2.44. The largest absolute Gasteiger partial charge is 0.480 e. The molecule has 0 saturated heterocycles. The van der Waals surface area contributed by atoms with Gasteiger partial charge in [0, 0.05) is 40.9 Å². The monoisotopic (exact) mass is 803 g/mol. The molecule has 6 rings (SSSR count). The number of pyridine rings is 1. The van der Waals surface area contributed by atoms with Crippen LogP contribution in [0.1, 0.15) is 35.2 Å². The molecule has 294 valence electrons. The Bertz CT molecular complexity index is 2230. The number of hydrogen-bond donors (Lipinski definition) is 6. The molecule has 3 amide bonds. The third-order valence-corrected chi connectivity index (χ3v) is 8.82. The maximum atomic E-state index is 13.0. The van der Waals surface area contributed by atoms with Crippen LogP contribution < -0.4 is 31.3 Å². The minimum Gasteiger partial charge on any atom is -0.480 e. The fraction of sp³-hybridized carbons (Fsp3) is 0.211. The number of aliphatic carboxylic acids is 1. The van der Waals surface area contributed by atoms with E-state index in [1.54, 1.807) is 48.8 Å². The summed E-state index contributed by atoms with van der Waals surface area (Å²) in [5, 5.41) is 23.5. The molecule has 0 radical (unpaired) electrons. The van der Waals surface area contributed by atoms with E-state index >= 15 is 0 Å². The molecule has 57 heavy (non-hydrogen) atoms. The number of carboxylic acids is 1. The highest BCUT2D eigenvalue weighted by Gasteiger charge is 2.45. The van der Waals surface area contributed by atoms with Gasteiger partial charge in [0.05, 0.1) is 5.54 Å². The first kappa shape index (κ1) is 39.9. The first-order valence-electron chi connectivity index (χ1n) is 17.3. The summed E-state index contributed by atoms with van der Waals surface area (Å²) in [4.78, 5) is 66.0. The fourth-order valence-electron chi connectivity index (χ4n) is 5.49. The number of ether oxygens (including phenoxy) is 1. The van der Waals surface area contributed by atoms with Crippen molar-refractivity contribution in [3.8, 4) is 17.1 Å². The van der Waals surface area contributed by atoms with Crippen molar-refractivity contribution in [1.82, 2.24) is 30.6 Å². The van der Waals surface area contributed by atoms with Crippen molar-refractivity contribution in [1.29, 1.82) is 0 Å². The zero-order valence-corrected chi connectivity index (χ0v) is 30.4. The van der Waals surface area contributed by atoms with Crippen LogP contribution in [0, 0.1) is 0 Å². The van der Waals surface area contributed by atoms with Crippen molar-refractivity contribution in [2.75, 3.05) is 29.1 Å². The Balaban J connectivity index is 1.03. The molecule has 2 heterocycles. The maximum absolute atomic E-state index is 13.0. The molecule has 2 aromatic heterocycles. The van der Waals surface area contributed by atoms with Crippen LogP contribution in [-0.4, -0.2) is 74.1 Å². The number of anilines is 4. The molecular weight excluding hydrogens is 771 g/mol. The Hall–Kier alpha value is -6.82. The van der Waals surface area contributed by atoms with Gasteiger partial charge in [0.15, 0.2) is 6.61 Å². The topological polar surface area (TPSA) is 209 Å². The standard InChI is InChI=1S/C38H33ClF3N9O6/c39-26-7-5-25(6-8-26)37(16-17-37)51-35-48-34(49-36(50-35)57-21-38(40,41)42)46-28-11-3-24(4-12-28)30(52)47-29(33(55)56)15-20-44-31(53)32(54)45-27-9-1-22(2-10-27)23-13-18-43-19-14-23/h1-14,18-19,29H,15-17,20-21H2,(H,44,53)(H,45,54)(H,47,52)(H,55,56)(H2,46,48,49,50,51)/t29-/m0/s1. The van der Waals surface area contributed by atoms with Crippen LogP contribution in [0.15, 0.2) is 97.3 Å². The van der Waals surface area contributed by atoms with Crippen molar-refractivity contribution in [2.45, 2.75) is 37.0 Å². The molecule has 1 aliphatic rings. The van der Waals surface area contributed by atoms with Crippen molar-refractivity contribution >= 4 is 58.6 Å². The van der Waals surface area contributed by atoms with Crippen LogP contribution in [0.5, 0.6) is 6.01 Å². The highest BCUT2D eigenvalue weighted by atomic mass is 35.5. The molecule has 0 aliphatic heterocycles. The summed E-state index contributed by atoms with van der Waals surface area (Å²) < 4.78 is 43.7. The van der Waals surface area contributed by atoms with Crippen molar-refractivity contribution < 1.29 is 42.2 Å². The molecule has 5 aromatic rings. The lowest BCUT2D eigenvalue weighted by atomic mass is 10.1. The summed E-state index contributed by atoms with van der Waals surface area (Å²) in [5.41, 5.74) is 2.87. The number of nitrogens with one attached hydrogen (secondary N) is 5. The molecule has 15 nitrogen and oxygen atoms in total. The predicted octanol–water partition coefficient (Wildman–Crippen LogP) is 5.70. The van der Waals surface area contributed by atoms with Gasteiger partial charge in [-0.25, -0.2) is 4.79 Å². The van der Waals surface area contributed by atoms with E-state index < -0.39 is 54.1 Å². The van der Waals surface area contributed by atoms with Crippen LogP contribution >= 0.6 is 11.6 Å². The first-order valence-corrected chi connectivity index (χ1v) is 17.6. The second kappa shape index (κ2) is 17.3. The summed E-state index contributed by atoms with van der Waals surface area (Å²) >= 11 is 6.02. The van der Waals surface area contributed by atoms with Crippen LogP contribution in [0.25, 0.3) is 11.1 Å². The third kappa shape index (κ3) is 11.1. The number of amides is 3. The zero-order valence-electron chi connectivity index (χ0n) is 29.6. The van der Waals surface area contributed by atoms with E-state index in [1.807, 2.05) is 24.3 Å². The number of alkyl halides is 3. The molecule has 0 spiro atoms. The van der Waals surface area contributed by atoms with Gasteiger partial charge in [-0.05, 0) is 96.6 Å². The number of carbonyl (C=O) groups is 4. The summed E-state index contributed by atoms with van der Waals surface area (Å²) in [6, 6.07) is 21.1. The SMILES string of the molecule is O=C(NCC[C@H](NC(=O)c1ccc(Nc2nc(NC3(c4ccc(Cl)cc4)CC3)nc(OCC(F)(F)F)n2)cc1)C(=O)O)C(=O)Nc1ccc(-c2ccncc2)cc1. The highest BCUT2D eigenvalue weighted by molar-refractivity contribution is 6.39. The van der Waals surface area contributed by atoms with Gasteiger partial charge in [0.1, 0.15) is 6.04 Å². The number of halogens is 4. The maximum Gasteiger partial charge on any atom is 0.422 e. The normalized spacial score (nSPS) is 13.4. The lowest BCUT2D eigenvalue weighted by Gasteiger charge is -2.19. The zero-order chi connectivity index (χ0) is 40.6. The van der Waals surface area contributed by atoms with Crippen molar-refractivity contribution in [2.24, 2.45) is 0 Å². The van der Waals surface area contributed by atoms with E-state index in [4.69, 9.17) is 16.3 Å². The van der Waals surface area contributed by atoms with Gasteiger partial charge >= 0.3 is 30.0 Å². The molecular formula is C38H33ClF3N9O6. The molecule has 19 heteroatoms. The fourth-order valence-corrected chi connectivity index (χ4v) is 5.62. The van der Waals surface area contributed by atoms with E-state index in [-0.39, 0.29) is 30.4 Å². The quantitative estimate of drug-likeness (QED) is 0.0705. The van der Waals surface area contributed by atoms with E-state index in [1.165, 1.54) is 24.3 Å². The average Bonchev–Trinajstić information content (AvgIpc) is 3.97. The van der Waals surface area contributed by atoms with Gasteiger partial charge in [-0.15, -0.1) is 0 Å². The molecule has 0 bridgehead atoms. The van der Waals surface area contributed by atoms with Crippen LogP contribution in [0.3, 0.4) is 0 Å². The van der Waals surface area contributed by atoms with Crippen molar-refractivity contribution in [3.05, 3.63) is 113 Å². The number of hydrogen-bond acceptors (Lipinski definition) is 11. The number of aromatic nitrogens is 4. The number of rotatable bonds is 15. The van der Waals surface area contributed by atoms with Gasteiger partial charge < -0.3 is 36.4 Å². The number of carbonyl (C=O) groups excluding carboxylic acids is 3. The van der Waals surface area contributed by atoms with Gasteiger partial charge in [-0.2, -0.15) is 28.1 Å². The Kier molecular flexibility index (Phi) is 12.1. The summed E-state index contributed by atoms with van der Waals surface area (Å²) in [7, 11) is 0. The van der Waals surface area contributed by atoms with Gasteiger partial charge in [0.25, 0.3) is 5.91 Å². The smallest absolute Gasteiger partial charge is 0.422 e. The third-order valence-electron chi connectivity index (χ3n) is 8.57. The predicted molar refractivity (Wildman–Crippen MR) is 202 cm³/mol. The summed E-state index contributed by atoms with van der Waals surface area (Å²) in [5.74, 6) is -4.29. The number of carboxylic acid groups (broad SMARTS) is 1. The van der Waals surface area contributed by atoms with Crippen molar-refractivity contribution in [3.63, 3.8) is 0 Å². The molecule has 1 saturated carbocycles. The molecule has 6 N–H and O–H groups in total. The van der Waals surface area contributed by atoms with Crippen LogP contribution in [0.2, 0.25) is 5.02 Å². The first-order chi connectivity index (χ1) is 27.2. The lowest BCUT2D eigenvalue weighted by molar-refractivity contribution is -0.154. The Morgan fingerprint density at radius 3 is 2.07 bits per heavy atom. The summed E-state index contributed by atoms with van der Waals surface area (Å²) in [6.07, 6.45) is -0.191. The van der Waals surface area contributed by atoms with Crippen LogP contribution in [-0.2, 0) is 19.9 Å². The van der Waals surface area contributed by atoms with E-state index in [9.17, 15) is 37.5 Å². The Labute approximate surface area is 327 Å². The second-order valence-electron chi connectivity index (χ2n) is 12.8. The summed E-state index contributed by atoms with van der Waals surface area (Å²) in [6.45, 7) is -1.88. The second-order valence-corrected chi connectivity index (χ2v) is 13.2. The number of benzene rings is 3. The Morgan fingerprint density at radius 2 is 1.44 bits per heavy atom. The molecule has 1 fully saturated rings. The number of nitrogens with zero attached hydrogens (tertiary/aromatic N) is 4. The molecule has 3 aromatic carbocycles. The van der Waals surface area contributed by atoms with Gasteiger partial charge in [-0.1, -0.05) is 35.9 Å². The Morgan fingerprint density at radius 1 is 0.807 bits per heavy atom. The highest BCUT2D eigenvalue weighted by Crippen LogP contribution is 2.48. The van der Waals surface area contributed by atoms with Gasteiger partial charge in [0.2, 0.25) is 11.9 Å². The van der Waals surface area contributed by atoms with E-state index in [0.29, 0.717) is 29.2 Å². The van der Waals surface area contributed by atoms with E-state index in [2.05, 4.69) is 46.5 Å². The molecule has 0 unspecified atom stereocenters. The molecule has 1 aliphatic carbocycles. The minimum atomic E-state index is -4.65. The molecule has 1 atom stereocenters. The average molecular weight is 804 g/mol. The minimum absolute atomic E-state index is 0.0447. The van der Waals surface area contributed by atoms with Crippen LogP contribution in [0.4, 0.5) is 36.4 Å². The van der Waals surface area contributed by atoms with Gasteiger partial charge in [-0.3, -0.25) is 19.4 Å².